The Morgan fingerprint density at radius 1 is 1.42 bits per heavy atom. The summed E-state index contributed by atoms with van der Waals surface area (Å²) < 4.78 is 14.4. The van der Waals surface area contributed by atoms with E-state index in [1.807, 2.05) is 6.92 Å². The summed E-state index contributed by atoms with van der Waals surface area (Å²) in [5.41, 5.74) is 0.636. The number of halogens is 1. The van der Waals surface area contributed by atoms with Gasteiger partial charge in [-0.05, 0) is 25.5 Å². The molecule has 0 saturated heterocycles. The van der Waals surface area contributed by atoms with Crippen molar-refractivity contribution in [1.29, 1.82) is 0 Å². The maximum absolute atomic E-state index is 14.4. The van der Waals surface area contributed by atoms with Crippen LogP contribution in [0.2, 0.25) is 0 Å². The number of aromatic nitrogens is 1. The predicted molar refractivity (Wildman–Crippen MR) is 77.5 cm³/mol. The minimum atomic E-state index is -0.269. The first-order valence-corrected chi connectivity index (χ1v) is 6.77. The van der Waals surface area contributed by atoms with E-state index in [0.29, 0.717) is 31.0 Å². The molecule has 1 heterocycles. The Kier molecular flexibility index (Phi) is 6.91. The number of pyridine rings is 1. The highest BCUT2D eigenvalue weighted by atomic mass is 19.1. The van der Waals surface area contributed by atoms with Gasteiger partial charge in [0.05, 0.1) is 6.54 Å². The number of rotatable bonds is 8. The Balaban J connectivity index is 2.88. The highest BCUT2D eigenvalue weighted by molar-refractivity contribution is 5.44. The van der Waals surface area contributed by atoms with E-state index >= 15 is 0 Å². The number of nitrogens with zero attached hydrogens (tertiary/aromatic N) is 2. The lowest BCUT2D eigenvalue weighted by molar-refractivity contribution is 0.575. The fourth-order valence-corrected chi connectivity index (χ4v) is 1.87. The molecule has 1 N–H and O–H groups in total. The monoisotopic (exact) mass is 263 g/mol. The molecule has 0 radical (unpaired) electrons. The van der Waals surface area contributed by atoms with Crippen LogP contribution in [-0.2, 0) is 6.54 Å². The van der Waals surface area contributed by atoms with Gasteiger partial charge in [-0.25, -0.2) is 9.37 Å². The summed E-state index contributed by atoms with van der Waals surface area (Å²) in [6.07, 6.45) is 8.90. The largest absolute Gasteiger partial charge is 0.343 e. The Morgan fingerprint density at radius 2 is 2.21 bits per heavy atom. The zero-order valence-electron chi connectivity index (χ0n) is 11.7. The Hall–Kier alpha value is -1.60. The quantitative estimate of drug-likeness (QED) is 0.577. The first-order valence-electron chi connectivity index (χ1n) is 6.77. The molecule has 0 unspecified atom stereocenters. The van der Waals surface area contributed by atoms with E-state index in [0.717, 1.165) is 19.4 Å². The predicted octanol–water partition coefficient (Wildman–Crippen LogP) is 2.57. The molecule has 0 aliphatic heterocycles. The molecular formula is C15H22FN3. The molecule has 19 heavy (non-hydrogen) atoms. The average molecular weight is 263 g/mol. The molecule has 4 heteroatoms. The second kappa shape index (κ2) is 8.49. The molecule has 0 bridgehead atoms. The van der Waals surface area contributed by atoms with Gasteiger partial charge in [0.2, 0.25) is 0 Å². The van der Waals surface area contributed by atoms with E-state index in [-0.39, 0.29) is 5.82 Å². The van der Waals surface area contributed by atoms with Crippen molar-refractivity contribution in [3.63, 3.8) is 0 Å². The minimum absolute atomic E-state index is 0.269. The van der Waals surface area contributed by atoms with Gasteiger partial charge in [-0.1, -0.05) is 19.8 Å². The van der Waals surface area contributed by atoms with Gasteiger partial charge < -0.3 is 10.2 Å². The van der Waals surface area contributed by atoms with E-state index in [1.54, 1.807) is 17.2 Å². The molecule has 104 valence electrons. The zero-order valence-corrected chi connectivity index (χ0v) is 11.7. The van der Waals surface area contributed by atoms with Crippen molar-refractivity contribution in [2.75, 3.05) is 24.5 Å². The molecular weight excluding hydrogens is 241 g/mol. The summed E-state index contributed by atoms with van der Waals surface area (Å²) in [4.78, 5) is 5.94. The van der Waals surface area contributed by atoms with Gasteiger partial charge >= 0.3 is 0 Å². The van der Waals surface area contributed by atoms with Crippen molar-refractivity contribution >= 4 is 5.82 Å². The summed E-state index contributed by atoms with van der Waals surface area (Å²) in [7, 11) is 0. The number of hydrogen-bond donors (Lipinski definition) is 1. The first-order chi connectivity index (χ1) is 9.24. The van der Waals surface area contributed by atoms with E-state index in [9.17, 15) is 4.39 Å². The van der Waals surface area contributed by atoms with Gasteiger partial charge in [0.25, 0.3) is 0 Å². The SMILES string of the molecule is C#CCN(CCC)c1nccc(CNCCC)c1F. The van der Waals surface area contributed by atoms with Gasteiger partial charge in [-0.2, -0.15) is 0 Å². The van der Waals surface area contributed by atoms with Crippen molar-refractivity contribution in [2.24, 2.45) is 0 Å². The van der Waals surface area contributed by atoms with Crippen molar-refractivity contribution in [2.45, 2.75) is 33.2 Å². The van der Waals surface area contributed by atoms with Crippen LogP contribution < -0.4 is 10.2 Å². The maximum atomic E-state index is 14.4. The Morgan fingerprint density at radius 3 is 2.84 bits per heavy atom. The summed E-state index contributed by atoms with van der Waals surface area (Å²) in [5.74, 6) is 2.64. The molecule has 0 aromatic carbocycles. The summed E-state index contributed by atoms with van der Waals surface area (Å²) in [6, 6.07) is 1.71. The highest BCUT2D eigenvalue weighted by Crippen LogP contribution is 2.19. The normalized spacial score (nSPS) is 10.2. The molecule has 0 aliphatic carbocycles. The van der Waals surface area contributed by atoms with Crippen molar-refractivity contribution in [3.05, 3.63) is 23.6 Å². The lowest BCUT2D eigenvalue weighted by Crippen LogP contribution is -2.27. The molecule has 0 amide bonds. The van der Waals surface area contributed by atoms with Crippen LogP contribution in [0, 0.1) is 18.2 Å². The lowest BCUT2D eigenvalue weighted by Gasteiger charge is -2.21. The molecule has 3 nitrogen and oxygen atoms in total. The molecule has 0 aliphatic rings. The molecule has 0 spiro atoms. The Labute approximate surface area is 115 Å². The van der Waals surface area contributed by atoms with E-state index in [4.69, 9.17) is 6.42 Å². The van der Waals surface area contributed by atoms with Gasteiger partial charge in [0, 0.05) is 24.8 Å². The third kappa shape index (κ3) is 4.53. The number of nitrogens with one attached hydrogen (secondary N) is 1. The van der Waals surface area contributed by atoms with E-state index in [1.165, 1.54) is 0 Å². The molecule has 0 saturated carbocycles. The molecule has 0 fully saturated rings. The Bertz CT molecular complexity index is 426. The second-order valence-corrected chi connectivity index (χ2v) is 4.41. The summed E-state index contributed by atoms with van der Waals surface area (Å²) in [6.45, 7) is 6.60. The number of terminal acetylenes is 1. The van der Waals surface area contributed by atoms with Crippen LogP contribution in [0.25, 0.3) is 0 Å². The minimum Gasteiger partial charge on any atom is -0.343 e. The number of hydrogen-bond acceptors (Lipinski definition) is 3. The van der Waals surface area contributed by atoms with Gasteiger partial charge in [0.1, 0.15) is 0 Å². The van der Waals surface area contributed by atoms with Crippen molar-refractivity contribution in [1.82, 2.24) is 10.3 Å². The zero-order chi connectivity index (χ0) is 14.1. The molecule has 0 atom stereocenters. The molecule has 1 rings (SSSR count). The summed E-state index contributed by atoms with van der Waals surface area (Å²) >= 11 is 0. The van der Waals surface area contributed by atoms with Crippen LogP contribution in [0.3, 0.4) is 0 Å². The van der Waals surface area contributed by atoms with Crippen LogP contribution in [0.4, 0.5) is 10.2 Å². The smallest absolute Gasteiger partial charge is 0.170 e. The number of anilines is 1. The molecule has 1 aromatic rings. The fraction of sp³-hybridized carbons (Fsp3) is 0.533. The fourth-order valence-electron chi connectivity index (χ4n) is 1.87. The topological polar surface area (TPSA) is 28.2 Å². The van der Waals surface area contributed by atoms with Crippen molar-refractivity contribution < 1.29 is 4.39 Å². The van der Waals surface area contributed by atoms with Crippen LogP contribution in [0.1, 0.15) is 32.3 Å². The van der Waals surface area contributed by atoms with Crippen LogP contribution in [-0.4, -0.2) is 24.6 Å². The van der Waals surface area contributed by atoms with Gasteiger partial charge in [0.15, 0.2) is 11.6 Å². The lowest BCUT2D eigenvalue weighted by atomic mass is 10.2. The van der Waals surface area contributed by atoms with Crippen LogP contribution >= 0.6 is 0 Å². The molecule has 1 aromatic heterocycles. The summed E-state index contributed by atoms with van der Waals surface area (Å²) in [5, 5.41) is 3.20. The van der Waals surface area contributed by atoms with Crippen LogP contribution in [0.15, 0.2) is 12.3 Å². The van der Waals surface area contributed by atoms with E-state index in [2.05, 4.69) is 23.1 Å². The average Bonchev–Trinajstić information content (AvgIpc) is 2.41. The van der Waals surface area contributed by atoms with Crippen LogP contribution in [0.5, 0.6) is 0 Å². The van der Waals surface area contributed by atoms with Gasteiger partial charge in [-0.15, -0.1) is 6.42 Å². The first kappa shape index (κ1) is 15.5. The standard InChI is InChI=1S/C15H22FN3/c1-4-8-17-12-13-7-9-18-15(14(13)16)19(10-5-2)11-6-3/h2,7,9,17H,4,6,8,10-12H2,1,3H3. The van der Waals surface area contributed by atoms with Gasteiger partial charge in [-0.3, -0.25) is 0 Å². The third-order valence-electron chi connectivity index (χ3n) is 2.77. The third-order valence-corrected chi connectivity index (χ3v) is 2.77. The maximum Gasteiger partial charge on any atom is 0.170 e. The second-order valence-electron chi connectivity index (χ2n) is 4.41. The van der Waals surface area contributed by atoms with Crippen molar-refractivity contribution in [3.8, 4) is 12.3 Å². The van der Waals surface area contributed by atoms with E-state index < -0.39 is 0 Å². The highest BCUT2D eigenvalue weighted by Gasteiger charge is 2.14.